The normalized spacial score (nSPS) is 13.2. The second-order valence-corrected chi connectivity index (χ2v) is 4.78. The van der Waals surface area contributed by atoms with Crippen molar-refractivity contribution in [1.82, 2.24) is 4.98 Å². The molecule has 1 rings (SSSR count). The summed E-state index contributed by atoms with van der Waals surface area (Å²) in [4.78, 5) is 4.18. The molecule has 0 bridgehead atoms. The Bertz CT molecular complexity index is 199. The highest BCUT2D eigenvalue weighted by atomic mass is 32.2. The Morgan fingerprint density at radius 1 is 1.75 bits per heavy atom. The van der Waals surface area contributed by atoms with Crippen LogP contribution in [0.4, 0.5) is 0 Å². The standard InChI is InChI=1S/C8H14N2S2/c1-2-11-5-3-7(9)8-10-4-6-12-8/h4,6-7H,2-3,5,9H2,1H3. The molecule has 0 spiro atoms. The first-order valence-corrected chi connectivity index (χ1v) is 6.10. The molecule has 0 saturated carbocycles. The number of rotatable bonds is 5. The van der Waals surface area contributed by atoms with E-state index in [-0.39, 0.29) is 6.04 Å². The van der Waals surface area contributed by atoms with E-state index in [4.69, 9.17) is 5.73 Å². The molecule has 12 heavy (non-hydrogen) atoms. The molecule has 1 heterocycles. The van der Waals surface area contributed by atoms with Gasteiger partial charge in [0.05, 0.1) is 6.04 Å². The van der Waals surface area contributed by atoms with E-state index in [0.717, 1.165) is 17.2 Å². The van der Waals surface area contributed by atoms with Crippen LogP contribution in [0.25, 0.3) is 0 Å². The quantitative estimate of drug-likeness (QED) is 0.745. The molecule has 0 aromatic carbocycles. The van der Waals surface area contributed by atoms with Gasteiger partial charge in [-0.15, -0.1) is 11.3 Å². The van der Waals surface area contributed by atoms with Gasteiger partial charge in [-0.3, -0.25) is 0 Å². The molecule has 68 valence electrons. The van der Waals surface area contributed by atoms with Crippen molar-refractivity contribution >= 4 is 23.1 Å². The molecular formula is C8H14N2S2. The Morgan fingerprint density at radius 2 is 2.58 bits per heavy atom. The van der Waals surface area contributed by atoms with Gasteiger partial charge in [-0.1, -0.05) is 6.92 Å². The first-order chi connectivity index (χ1) is 5.84. The first kappa shape index (κ1) is 10.0. The summed E-state index contributed by atoms with van der Waals surface area (Å²) in [6.07, 6.45) is 2.85. The van der Waals surface area contributed by atoms with Crippen molar-refractivity contribution in [2.45, 2.75) is 19.4 Å². The van der Waals surface area contributed by atoms with Crippen LogP contribution in [0.15, 0.2) is 11.6 Å². The van der Waals surface area contributed by atoms with Crippen LogP contribution in [0.5, 0.6) is 0 Å². The first-order valence-electron chi connectivity index (χ1n) is 4.07. The average Bonchev–Trinajstić information content (AvgIpc) is 2.56. The van der Waals surface area contributed by atoms with Gasteiger partial charge in [0.15, 0.2) is 0 Å². The molecule has 0 radical (unpaired) electrons. The zero-order valence-electron chi connectivity index (χ0n) is 7.19. The molecule has 4 heteroatoms. The van der Waals surface area contributed by atoms with Gasteiger partial charge in [0.25, 0.3) is 0 Å². The summed E-state index contributed by atoms with van der Waals surface area (Å²) in [5.41, 5.74) is 5.91. The van der Waals surface area contributed by atoms with Crippen LogP contribution in [0.1, 0.15) is 24.4 Å². The van der Waals surface area contributed by atoms with Crippen LogP contribution >= 0.6 is 23.1 Å². The van der Waals surface area contributed by atoms with Crippen molar-refractivity contribution in [3.63, 3.8) is 0 Å². The van der Waals surface area contributed by atoms with E-state index in [0.29, 0.717) is 0 Å². The summed E-state index contributed by atoms with van der Waals surface area (Å²) in [5, 5.41) is 3.04. The van der Waals surface area contributed by atoms with Gasteiger partial charge >= 0.3 is 0 Å². The van der Waals surface area contributed by atoms with E-state index in [1.54, 1.807) is 11.3 Å². The molecular weight excluding hydrogens is 188 g/mol. The number of nitrogens with two attached hydrogens (primary N) is 1. The van der Waals surface area contributed by atoms with Crippen molar-refractivity contribution in [3.05, 3.63) is 16.6 Å². The summed E-state index contributed by atoms with van der Waals surface area (Å²) >= 11 is 3.57. The second-order valence-electron chi connectivity index (χ2n) is 2.46. The minimum Gasteiger partial charge on any atom is -0.322 e. The van der Waals surface area contributed by atoms with Crippen molar-refractivity contribution < 1.29 is 0 Å². The third-order valence-corrected chi connectivity index (χ3v) is 3.39. The van der Waals surface area contributed by atoms with Crippen LogP contribution in [-0.2, 0) is 0 Å². The molecule has 1 atom stereocenters. The SMILES string of the molecule is CCSCCC(N)c1nccs1. The largest absolute Gasteiger partial charge is 0.322 e. The van der Waals surface area contributed by atoms with E-state index >= 15 is 0 Å². The molecule has 2 nitrogen and oxygen atoms in total. The fourth-order valence-electron chi connectivity index (χ4n) is 0.896. The highest BCUT2D eigenvalue weighted by Gasteiger charge is 2.06. The Kier molecular flexibility index (Phi) is 4.65. The number of nitrogens with zero attached hydrogens (tertiary/aromatic N) is 1. The Morgan fingerprint density at radius 3 is 3.17 bits per heavy atom. The topological polar surface area (TPSA) is 38.9 Å². The maximum atomic E-state index is 5.91. The molecule has 1 unspecified atom stereocenters. The van der Waals surface area contributed by atoms with E-state index < -0.39 is 0 Å². The average molecular weight is 202 g/mol. The summed E-state index contributed by atoms with van der Waals surface area (Å²) in [7, 11) is 0. The fourth-order valence-corrected chi connectivity index (χ4v) is 2.28. The Labute approximate surface area is 81.6 Å². The lowest BCUT2D eigenvalue weighted by atomic mass is 10.2. The molecule has 0 saturated heterocycles. The van der Waals surface area contributed by atoms with Gasteiger partial charge in [0.2, 0.25) is 0 Å². The number of hydrogen-bond donors (Lipinski definition) is 1. The predicted molar refractivity (Wildman–Crippen MR) is 56.7 cm³/mol. The maximum absolute atomic E-state index is 5.91. The predicted octanol–water partition coefficient (Wildman–Crippen LogP) is 2.29. The number of thiazole rings is 1. The Balaban J connectivity index is 2.25. The number of aromatic nitrogens is 1. The third kappa shape index (κ3) is 3.13. The maximum Gasteiger partial charge on any atom is 0.109 e. The van der Waals surface area contributed by atoms with Gasteiger partial charge in [-0.2, -0.15) is 11.8 Å². The van der Waals surface area contributed by atoms with Crippen LogP contribution in [0.2, 0.25) is 0 Å². The zero-order chi connectivity index (χ0) is 8.81. The summed E-state index contributed by atoms with van der Waals surface area (Å²) < 4.78 is 0. The summed E-state index contributed by atoms with van der Waals surface area (Å²) in [6, 6.07) is 0.143. The molecule has 0 fully saturated rings. The summed E-state index contributed by atoms with van der Waals surface area (Å²) in [6.45, 7) is 2.17. The van der Waals surface area contributed by atoms with Crippen molar-refractivity contribution in [3.8, 4) is 0 Å². The van der Waals surface area contributed by atoms with Crippen LogP contribution in [0, 0.1) is 0 Å². The molecule has 0 aliphatic carbocycles. The van der Waals surface area contributed by atoms with Gasteiger partial charge in [-0.25, -0.2) is 4.98 Å². The smallest absolute Gasteiger partial charge is 0.109 e. The molecule has 1 aromatic rings. The Hall–Kier alpha value is -0.0600. The molecule has 0 aliphatic rings. The number of hydrogen-bond acceptors (Lipinski definition) is 4. The van der Waals surface area contributed by atoms with Gasteiger partial charge in [0.1, 0.15) is 5.01 Å². The lowest BCUT2D eigenvalue weighted by Gasteiger charge is -2.06. The molecule has 2 N–H and O–H groups in total. The minimum absolute atomic E-state index is 0.143. The van der Waals surface area contributed by atoms with Gasteiger partial charge < -0.3 is 5.73 Å². The van der Waals surface area contributed by atoms with Crippen molar-refractivity contribution in [2.75, 3.05) is 11.5 Å². The fraction of sp³-hybridized carbons (Fsp3) is 0.625. The van der Waals surface area contributed by atoms with E-state index in [9.17, 15) is 0 Å². The van der Waals surface area contributed by atoms with E-state index in [1.807, 2.05) is 23.3 Å². The molecule has 0 aliphatic heterocycles. The highest BCUT2D eigenvalue weighted by Crippen LogP contribution is 2.18. The van der Waals surface area contributed by atoms with Gasteiger partial charge in [0, 0.05) is 11.6 Å². The lowest BCUT2D eigenvalue weighted by Crippen LogP contribution is -2.10. The molecule has 1 aromatic heterocycles. The van der Waals surface area contributed by atoms with Crippen LogP contribution in [0.3, 0.4) is 0 Å². The van der Waals surface area contributed by atoms with Crippen LogP contribution < -0.4 is 5.73 Å². The van der Waals surface area contributed by atoms with E-state index in [1.165, 1.54) is 5.75 Å². The van der Waals surface area contributed by atoms with E-state index in [2.05, 4.69) is 11.9 Å². The van der Waals surface area contributed by atoms with Gasteiger partial charge in [-0.05, 0) is 17.9 Å². The monoisotopic (exact) mass is 202 g/mol. The van der Waals surface area contributed by atoms with Crippen LogP contribution in [-0.4, -0.2) is 16.5 Å². The highest BCUT2D eigenvalue weighted by molar-refractivity contribution is 7.99. The van der Waals surface area contributed by atoms with Crippen molar-refractivity contribution in [1.29, 1.82) is 0 Å². The van der Waals surface area contributed by atoms with Crippen molar-refractivity contribution in [2.24, 2.45) is 5.73 Å². The third-order valence-electron chi connectivity index (χ3n) is 1.55. The summed E-state index contributed by atoms with van der Waals surface area (Å²) in [5.74, 6) is 2.31. The zero-order valence-corrected chi connectivity index (χ0v) is 8.83. The molecule has 0 amide bonds. The second kappa shape index (κ2) is 5.56. The lowest BCUT2D eigenvalue weighted by molar-refractivity contribution is 0.699. The minimum atomic E-state index is 0.143. The number of thioether (sulfide) groups is 1.